The third-order valence-corrected chi connectivity index (χ3v) is 7.58. The number of aliphatic imine (C=N–C) groups is 1. The third-order valence-electron chi connectivity index (χ3n) is 7.58. The predicted molar refractivity (Wildman–Crippen MR) is 142 cm³/mol. The average Bonchev–Trinajstić information content (AvgIpc) is 2.93. The maximum absolute atomic E-state index is 12.6. The minimum absolute atomic E-state index is 0.00616. The van der Waals surface area contributed by atoms with E-state index in [1.165, 1.54) is 0 Å². The van der Waals surface area contributed by atoms with Crippen LogP contribution in [0, 0.1) is 0 Å². The standard InChI is InChI=1S/C23H46N8O10/c24-4-3-12(33)20(37)31-11-5-10(26)18(40-21-9(25)2-1-8(38-21)6-30-23(28)29)17(36)19(11)41-22-16(35)14(27)15(34)13(7-32)39-22/h8-19,21-22,32-36H,1-7,24-27H2,(H,31,37)(H4,28,29,30)/t8?,9?,10-,11+,12-,13?,14-,15+,16?,17?,18?,19-,21+,22+/m0/s1. The highest BCUT2D eigenvalue weighted by molar-refractivity contribution is 5.80. The van der Waals surface area contributed by atoms with Crippen LogP contribution in [-0.2, 0) is 23.7 Å². The molecule has 3 fully saturated rings. The number of carbonyl (C=O) groups excluding carboxylic acids is 1. The second kappa shape index (κ2) is 15.1. The van der Waals surface area contributed by atoms with Crippen LogP contribution in [0.2, 0.25) is 0 Å². The van der Waals surface area contributed by atoms with Gasteiger partial charge in [-0.2, -0.15) is 0 Å². The van der Waals surface area contributed by atoms with Crippen LogP contribution in [0.25, 0.3) is 0 Å². The molecular weight excluding hydrogens is 548 g/mol. The van der Waals surface area contributed by atoms with Crippen LogP contribution in [0.5, 0.6) is 0 Å². The van der Waals surface area contributed by atoms with E-state index >= 15 is 0 Å². The minimum Gasteiger partial charge on any atom is -0.394 e. The van der Waals surface area contributed by atoms with Crippen LogP contribution in [0.3, 0.4) is 0 Å². The molecule has 2 saturated heterocycles. The van der Waals surface area contributed by atoms with Crippen molar-refractivity contribution in [1.29, 1.82) is 0 Å². The van der Waals surface area contributed by atoms with Crippen molar-refractivity contribution in [3.63, 3.8) is 0 Å². The van der Waals surface area contributed by atoms with Gasteiger partial charge in [-0.3, -0.25) is 9.79 Å². The monoisotopic (exact) mass is 594 g/mol. The number of nitrogens with two attached hydrogens (primary N) is 6. The lowest BCUT2D eigenvalue weighted by atomic mass is 9.83. The van der Waals surface area contributed by atoms with Crippen LogP contribution >= 0.6 is 0 Å². The van der Waals surface area contributed by atoms with Crippen molar-refractivity contribution in [2.75, 3.05) is 19.7 Å². The Kier molecular flexibility index (Phi) is 12.4. The van der Waals surface area contributed by atoms with E-state index in [1.807, 2.05) is 0 Å². The molecule has 1 aliphatic carbocycles. The van der Waals surface area contributed by atoms with Gasteiger partial charge in [0.2, 0.25) is 5.91 Å². The molecule has 6 unspecified atom stereocenters. The molecule has 18 N–H and O–H groups in total. The topological polar surface area (TPSA) is 336 Å². The van der Waals surface area contributed by atoms with Crippen LogP contribution in [0.1, 0.15) is 25.7 Å². The van der Waals surface area contributed by atoms with Crippen LogP contribution in [0.4, 0.5) is 0 Å². The van der Waals surface area contributed by atoms with Gasteiger partial charge in [-0.15, -0.1) is 0 Å². The van der Waals surface area contributed by atoms with E-state index in [9.17, 15) is 30.3 Å². The van der Waals surface area contributed by atoms with Gasteiger partial charge in [0, 0.05) is 6.04 Å². The van der Waals surface area contributed by atoms with Crippen molar-refractivity contribution in [3.8, 4) is 0 Å². The lowest BCUT2D eigenvalue weighted by Gasteiger charge is -2.48. The zero-order chi connectivity index (χ0) is 30.4. The summed E-state index contributed by atoms with van der Waals surface area (Å²) >= 11 is 0. The highest BCUT2D eigenvalue weighted by atomic mass is 16.7. The number of nitrogens with zero attached hydrogens (tertiary/aromatic N) is 1. The van der Waals surface area contributed by atoms with E-state index in [0.717, 1.165) is 0 Å². The maximum Gasteiger partial charge on any atom is 0.249 e. The summed E-state index contributed by atoms with van der Waals surface area (Å²) in [5.41, 5.74) is 34.8. The van der Waals surface area contributed by atoms with Gasteiger partial charge in [-0.25, -0.2) is 0 Å². The zero-order valence-corrected chi connectivity index (χ0v) is 22.7. The van der Waals surface area contributed by atoms with E-state index in [0.29, 0.717) is 12.8 Å². The molecule has 0 spiro atoms. The van der Waals surface area contributed by atoms with Crippen LogP contribution < -0.4 is 39.7 Å². The Balaban J connectivity index is 1.81. The van der Waals surface area contributed by atoms with Gasteiger partial charge in [0.25, 0.3) is 0 Å². The fourth-order valence-corrected chi connectivity index (χ4v) is 5.19. The molecule has 14 atom stereocenters. The Morgan fingerprint density at radius 2 is 1.66 bits per heavy atom. The van der Waals surface area contributed by atoms with Crippen LogP contribution in [-0.4, -0.2) is 143 Å². The van der Waals surface area contributed by atoms with Gasteiger partial charge < -0.3 is 84.2 Å². The number of carbonyl (C=O) groups is 1. The SMILES string of the molecule is NCC[C@H](O)C(=O)N[C@@H]1C[C@H](N)C(O[C@H]2OC(CN=C(N)N)CCC2N)C(O)[C@H]1O[C@H]1OC(CO)[C@@H](O)[C@H](N)C1O. The Hall–Kier alpha value is -1.78. The maximum atomic E-state index is 12.6. The van der Waals surface area contributed by atoms with Gasteiger partial charge in [-0.05, 0) is 32.2 Å². The molecule has 0 aromatic heterocycles. The molecule has 0 aromatic rings. The minimum atomic E-state index is -1.57. The first-order valence-corrected chi connectivity index (χ1v) is 13.6. The van der Waals surface area contributed by atoms with Gasteiger partial charge in [0.05, 0.1) is 37.4 Å². The highest BCUT2D eigenvalue weighted by Gasteiger charge is 2.51. The summed E-state index contributed by atoms with van der Waals surface area (Å²) in [6, 6.07) is -3.69. The molecule has 2 aliphatic heterocycles. The first-order valence-electron chi connectivity index (χ1n) is 13.6. The van der Waals surface area contributed by atoms with Gasteiger partial charge in [0.15, 0.2) is 18.5 Å². The van der Waals surface area contributed by atoms with Gasteiger partial charge in [0.1, 0.15) is 42.7 Å². The number of ether oxygens (including phenoxy) is 4. The highest BCUT2D eigenvalue weighted by Crippen LogP contribution is 2.31. The molecule has 1 saturated carbocycles. The summed E-state index contributed by atoms with van der Waals surface area (Å²) < 4.78 is 23.5. The fourth-order valence-electron chi connectivity index (χ4n) is 5.19. The summed E-state index contributed by atoms with van der Waals surface area (Å²) in [6.07, 6.45) is -11.5. The molecule has 238 valence electrons. The van der Waals surface area contributed by atoms with E-state index in [1.54, 1.807) is 0 Å². The third kappa shape index (κ3) is 8.41. The Morgan fingerprint density at radius 1 is 0.976 bits per heavy atom. The molecule has 41 heavy (non-hydrogen) atoms. The summed E-state index contributed by atoms with van der Waals surface area (Å²) in [4.78, 5) is 16.6. The molecule has 2 heterocycles. The number of hydrogen-bond acceptors (Lipinski definition) is 15. The molecular formula is C23H46N8O10. The summed E-state index contributed by atoms with van der Waals surface area (Å²) in [5.74, 6) is -0.878. The Morgan fingerprint density at radius 3 is 2.29 bits per heavy atom. The van der Waals surface area contributed by atoms with Crippen LogP contribution in [0.15, 0.2) is 4.99 Å². The number of aliphatic hydroxyl groups is 5. The number of amides is 1. The second-order valence-electron chi connectivity index (χ2n) is 10.7. The molecule has 1 amide bonds. The molecule has 0 radical (unpaired) electrons. The van der Waals surface area contributed by atoms with Crippen molar-refractivity contribution in [2.24, 2.45) is 39.4 Å². The number of guanidine groups is 1. The summed E-state index contributed by atoms with van der Waals surface area (Å²) in [6.45, 7) is -0.406. The first kappa shape index (κ1) is 33.7. The molecule has 0 aromatic carbocycles. The Bertz CT molecular complexity index is 870. The van der Waals surface area contributed by atoms with Crippen molar-refractivity contribution < 1.29 is 49.3 Å². The van der Waals surface area contributed by atoms with Crippen molar-refractivity contribution in [2.45, 2.75) is 111 Å². The number of rotatable bonds is 11. The smallest absolute Gasteiger partial charge is 0.249 e. The normalized spacial score (nSPS) is 42.3. The molecule has 18 nitrogen and oxygen atoms in total. The quantitative estimate of drug-likeness (QED) is 0.0780. The summed E-state index contributed by atoms with van der Waals surface area (Å²) in [5, 5.41) is 54.6. The Labute approximate surface area is 237 Å². The van der Waals surface area contributed by atoms with Gasteiger partial charge in [-0.1, -0.05) is 0 Å². The van der Waals surface area contributed by atoms with E-state index in [2.05, 4.69) is 10.3 Å². The number of hydrogen-bond donors (Lipinski definition) is 12. The van der Waals surface area contributed by atoms with E-state index in [4.69, 9.17) is 53.3 Å². The van der Waals surface area contributed by atoms with Crippen molar-refractivity contribution in [1.82, 2.24) is 5.32 Å². The van der Waals surface area contributed by atoms with E-state index in [-0.39, 0.29) is 31.9 Å². The molecule has 18 heteroatoms. The number of nitrogens with one attached hydrogen (secondary N) is 1. The first-order chi connectivity index (χ1) is 19.4. The van der Waals surface area contributed by atoms with Crippen molar-refractivity contribution in [3.05, 3.63) is 0 Å². The molecule has 3 rings (SSSR count). The van der Waals surface area contributed by atoms with E-state index < -0.39 is 98.1 Å². The van der Waals surface area contributed by atoms with Gasteiger partial charge >= 0.3 is 0 Å². The van der Waals surface area contributed by atoms with Crippen molar-refractivity contribution >= 4 is 11.9 Å². The fraction of sp³-hybridized carbons (Fsp3) is 0.913. The summed E-state index contributed by atoms with van der Waals surface area (Å²) in [7, 11) is 0. The zero-order valence-electron chi connectivity index (χ0n) is 22.7. The average molecular weight is 595 g/mol. The lowest BCUT2D eigenvalue weighted by molar-refractivity contribution is -0.314. The second-order valence-corrected chi connectivity index (χ2v) is 10.7. The lowest BCUT2D eigenvalue weighted by Crippen LogP contribution is -2.69. The predicted octanol–water partition coefficient (Wildman–Crippen LogP) is -7.08. The number of aliphatic hydroxyl groups excluding tert-OH is 5. The molecule has 0 bridgehead atoms. The largest absolute Gasteiger partial charge is 0.394 e. The molecule has 3 aliphatic rings.